The van der Waals surface area contributed by atoms with Gasteiger partial charge in [0, 0.05) is 24.7 Å². The number of carbonyl (C=O) groups excluding carboxylic acids is 2. The fourth-order valence-corrected chi connectivity index (χ4v) is 2.33. The van der Waals surface area contributed by atoms with Crippen molar-refractivity contribution in [3.8, 4) is 0 Å². The van der Waals surface area contributed by atoms with Gasteiger partial charge in [-0.15, -0.1) is 0 Å². The number of nitrogens with zero attached hydrogens (tertiary/aromatic N) is 2. The molecule has 1 N–H and O–H groups in total. The molecule has 1 aliphatic rings. The van der Waals surface area contributed by atoms with Crippen molar-refractivity contribution < 1.29 is 14.5 Å². The van der Waals surface area contributed by atoms with Crippen molar-refractivity contribution >= 4 is 17.5 Å². The molecule has 0 unspecified atom stereocenters. The Hall–Kier alpha value is -2.44. The number of carbonyl (C=O) groups is 2. The third-order valence-electron chi connectivity index (χ3n) is 3.43. The first-order valence-electron chi connectivity index (χ1n) is 6.84. The minimum atomic E-state index is -0.516. The second kappa shape index (κ2) is 6.83. The van der Waals surface area contributed by atoms with Crippen molar-refractivity contribution in [3.05, 3.63) is 39.9 Å². The number of para-hydroxylation sites is 1. The number of nitrogens with one attached hydrogen (secondary N) is 1. The number of hydrogen-bond acceptors (Lipinski definition) is 4. The van der Waals surface area contributed by atoms with Crippen molar-refractivity contribution in [2.45, 2.75) is 19.3 Å². The molecule has 2 amide bonds. The first-order valence-corrected chi connectivity index (χ1v) is 6.84. The zero-order valence-corrected chi connectivity index (χ0v) is 11.6. The number of hydrogen-bond donors (Lipinski definition) is 1. The average molecular weight is 291 g/mol. The molecule has 1 aliphatic heterocycles. The number of benzene rings is 1. The van der Waals surface area contributed by atoms with Crippen molar-refractivity contribution in [1.82, 2.24) is 10.2 Å². The molecule has 21 heavy (non-hydrogen) atoms. The minimum Gasteiger partial charge on any atom is -0.347 e. The molecule has 0 bridgehead atoms. The predicted octanol–water partition coefficient (Wildman–Crippen LogP) is 0.876. The summed E-state index contributed by atoms with van der Waals surface area (Å²) >= 11 is 0. The molecule has 7 nitrogen and oxygen atoms in total. The van der Waals surface area contributed by atoms with Gasteiger partial charge in [0.25, 0.3) is 5.69 Å². The Morgan fingerprint density at radius 2 is 1.90 bits per heavy atom. The summed E-state index contributed by atoms with van der Waals surface area (Å²) in [6.07, 6.45) is 1.89. The fraction of sp³-hybridized carbons (Fsp3) is 0.429. The number of nitro benzene ring substituents is 1. The van der Waals surface area contributed by atoms with Crippen molar-refractivity contribution in [2.24, 2.45) is 0 Å². The highest BCUT2D eigenvalue weighted by Gasteiger charge is 2.19. The first kappa shape index (κ1) is 15.0. The smallest absolute Gasteiger partial charge is 0.273 e. The van der Waals surface area contributed by atoms with Gasteiger partial charge in [0.05, 0.1) is 17.9 Å². The summed E-state index contributed by atoms with van der Waals surface area (Å²) in [6, 6.07) is 6.10. The predicted molar refractivity (Wildman–Crippen MR) is 75.6 cm³/mol. The number of amides is 2. The molecule has 1 aromatic rings. The minimum absolute atomic E-state index is 0.0561. The first-order chi connectivity index (χ1) is 10.1. The summed E-state index contributed by atoms with van der Waals surface area (Å²) in [5.74, 6) is -0.500. The summed E-state index contributed by atoms with van der Waals surface area (Å²) in [6.45, 7) is 1.41. The molecule has 1 saturated heterocycles. The highest BCUT2D eigenvalue weighted by Crippen LogP contribution is 2.17. The summed E-state index contributed by atoms with van der Waals surface area (Å²) < 4.78 is 0. The van der Waals surface area contributed by atoms with E-state index in [1.165, 1.54) is 6.07 Å². The lowest BCUT2D eigenvalue weighted by atomic mass is 10.1. The van der Waals surface area contributed by atoms with Crippen LogP contribution in [0.3, 0.4) is 0 Å². The molecule has 1 aromatic carbocycles. The molecule has 2 rings (SSSR count). The van der Waals surface area contributed by atoms with Crippen LogP contribution in [-0.4, -0.2) is 41.3 Å². The van der Waals surface area contributed by atoms with Crippen LogP contribution in [0, 0.1) is 10.1 Å². The second-order valence-electron chi connectivity index (χ2n) is 4.93. The summed E-state index contributed by atoms with van der Waals surface area (Å²) in [4.78, 5) is 35.6. The van der Waals surface area contributed by atoms with Gasteiger partial charge < -0.3 is 10.2 Å². The van der Waals surface area contributed by atoms with Crippen LogP contribution >= 0.6 is 0 Å². The van der Waals surface area contributed by atoms with Gasteiger partial charge in [0.15, 0.2) is 0 Å². The van der Waals surface area contributed by atoms with Gasteiger partial charge in [-0.2, -0.15) is 0 Å². The van der Waals surface area contributed by atoms with E-state index in [9.17, 15) is 19.7 Å². The van der Waals surface area contributed by atoms with Crippen molar-refractivity contribution in [1.29, 1.82) is 0 Å². The van der Waals surface area contributed by atoms with Gasteiger partial charge in [-0.25, -0.2) is 0 Å². The molecular formula is C14H17N3O4. The average Bonchev–Trinajstić information content (AvgIpc) is 2.99. The third-order valence-corrected chi connectivity index (χ3v) is 3.43. The number of nitro groups is 1. The lowest BCUT2D eigenvalue weighted by Gasteiger charge is -2.15. The maximum absolute atomic E-state index is 11.8. The van der Waals surface area contributed by atoms with Gasteiger partial charge in [0.1, 0.15) is 0 Å². The Bertz CT molecular complexity index is 553. The normalized spacial score (nSPS) is 14.0. The summed E-state index contributed by atoms with van der Waals surface area (Å²) in [5, 5.41) is 13.4. The molecule has 0 spiro atoms. The second-order valence-corrected chi connectivity index (χ2v) is 4.93. The van der Waals surface area contributed by atoms with Crippen LogP contribution in [0.4, 0.5) is 5.69 Å². The Morgan fingerprint density at radius 1 is 1.24 bits per heavy atom. The van der Waals surface area contributed by atoms with Crippen LogP contribution in [-0.2, 0) is 16.0 Å². The van der Waals surface area contributed by atoms with Crippen LogP contribution in [0.15, 0.2) is 24.3 Å². The maximum Gasteiger partial charge on any atom is 0.273 e. The Labute approximate surface area is 122 Å². The van der Waals surface area contributed by atoms with E-state index in [0.29, 0.717) is 5.56 Å². The lowest BCUT2D eigenvalue weighted by molar-refractivity contribution is -0.385. The topological polar surface area (TPSA) is 92.5 Å². The van der Waals surface area contributed by atoms with E-state index in [0.717, 1.165) is 25.9 Å². The van der Waals surface area contributed by atoms with E-state index in [2.05, 4.69) is 5.32 Å². The Morgan fingerprint density at radius 3 is 2.57 bits per heavy atom. The number of likely N-dealkylation sites (tertiary alicyclic amines) is 1. The molecule has 7 heteroatoms. The highest BCUT2D eigenvalue weighted by atomic mass is 16.6. The SMILES string of the molecule is O=C(Cc1ccccc1[N+](=O)[O-])NCC(=O)N1CCCC1. The van der Waals surface area contributed by atoms with Gasteiger partial charge in [-0.3, -0.25) is 19.7 Å². The van der Waals surface area contributed by atoms with Crippen molar-refractivity contribution in [2.75, 3.05) is 19.6 Å². The summed E-state index contributed by atoms with van der Waals surface area (Å²) in [7, 11) is 0. The van der Waals surface area contributed by atoms with Gasteiger partial charge >= 0.3 is 0 Å². The van der Waals surface area contributed by atoms with E-state index in [1.54, 1.807) is 23.1 Å². The van der Waals surface area contributed by atoms with Gasteiger partial charge in [-0.05, 0) is 12.8 Å². The third kappa shape index (κ3) is 4.01. The molecule has 1 fully saturated rings. The Kier molecular flexibility index (Phi) is 4.86. The Balaban J connectivity index is 1.87. The lowest BCUT2D eigenvalue weighted by Crippen LogP contribution is -2.39. The molecule has 112 valence electrons. The van der Waals surface area contributed by atoms with Crippen LogP contribution in [0.25, 0.3) is 0 Å². The van der Waals surface area contributed by atoms with E-state index in [-0.39, 0.29) is 24.6 Å². The maximum atomic E-state index is 11.8. The van der Waals surface area contributed by atoms with Crippen molar-refractivity contribution in [3.63, 3.8) is 0 Å². The quantitative estimate of drug-likeness (QED) is 0.643. The van der Waals surface area contributed by atoms with E-state index >= 15 is 0 Å². The van der Waals surface area contributed by atoms with Gasteiger partial charge in [0.2, 0.25) is 11.8 Å². The fourth-order valence-electron chi connectivity index (χ4n) is 2.33. The standard InChI is InChI=1S/C14H17N3O4/c18-13(15-10-14(19)16-7-3-4-8-16)9-11-5-1-2-6-12(11)17(20)21/h1-2,5-6H,3-4,7-10H2,(H,15,18). The molecular weight excluding hydrogens is 274 g/mol. The van der Waals surface area contributed by atoms with Gasteiger partial charge in [-0.1, -0.05) is 18.2 Å². The number of rotatable bonds is 5. The van der Waals surface area contributed by atoms with E-state index < -0.39 is 10.8 Å². The van der Waals surface area contributed by atoms with E-state index in [1.807, 2.05) is 0 Å². The van der Waals surface area contributed by atoms with Crippen LogP contribution in [0.5, 0.6) is 0 Å². The summed E-state index contributed by atoms with van der Waals surface area (Å²) in [5.41, 5.74) is 0.257. The molecule has 0 aromatic heterocycles. The molecule has 0 radical (unpaired) electrons. The zero-order valence-electron chi connectivity index (χ0n) is 11.6. The molecule has 0 saturated carbocycles. The molecule has 1 heterocycles. The van der Waals surface area contributed by atoms with Crippen LogP contribution in [0.1, 0.15) is 18.4 Å². The largest absolute Gasteiger partial charge is 0.347 e. The monoisotopic (exact) mass is 291 g/mol. The molecule has 0 atom stereocenters. The van der Waals surface area contributed by atoms with E-state index in [4.69, 9.17) is 0 Å². The highest BCUT2D eigenvalue weighted by molar-refractivity contribution is 5.86. The van der Waals surface area contributed by atoms with Crippen LogP contribution in [0.2, 0.25) is 0 Å². The van der Waals surface area contributed by atoms with Crippen LogP contribution < -0.4 is 5.32 Å². The molecule has 0 aliphatic carbocycles. The zero-order chi connectivity index (χ0) is 15.2.